The van der Waals surface area contributed by atoms with E-state index in [1.165, 1.54) is 29.5 Å². The summed E-state index contributed by atoms with van der Waals surface area (Å²) in [6, 6.07) is 10.3. The Morgan fingerprint density at radius 3 is 2.62 bits per heavy atom. The van der Waals surface area contributed by atoms with E-state index in [2.05, 4.69) is 15.5 Å². The van der Waals surface area contributed by atoms with Crippen LogP contribution in [0, 0.1) is 5.82 Å². The van der Waals surface area contributed by atoms with Gasteiger partial charge in [0.05, 0.1) is 10.0 Å². The van der Waals surface area contributed by atoms with Crippen molar-refractivity contribution in [3.63, 3.8) is 0 Å². The van der Waals surface area contributed by atoms with Crippen molar-refractivity contribution in [2.75, 3.05) is 16.8 Å². The zero-order valence-electron chi connectivity index (χ0n) is 14.7. The normalized spacial score (nSPS) is 16.3. The number of anilines is 2. The molecule has 1 unspecified atom stereocenters. The minimum atomic E-state index is -0.387. The Labute approximate surface area is 179 Å². The zero-order valence-corrected chi connectivity index (χ0v) is 17.1. The number of carbonyl (C=O) groups is 2. The van der Waals surface area contributed by atoms with Gasteiger partial charge in [0, 0.05) is 30.1 Å². The predicted molar refractivity (Wildman–Crippen MR) is 110 cm³/mol. The van der Waals surface area contributed by atoms with Gasteiger partial charge in [-0.15, -0.1) is 10.2 Å². The van der Waals surface area contributed by atoms with E-state index in [9.17, 15) is 14.0 Å². The lowest BCUT2D eigenvalue weighted by molar-refractivity contribution is -0.117. The number of carbonyl (C=O) groups excluding carboxylic acids is 2. The maximum atomic E-state index is 13.1. The molecule has 0 saturated carbocycles. The van der Waals surface area contributed by atoms with Gasteiger partial charge in [0.2, 0.25) is 11.0 Å². The molecule has 0 radical (unpaired) electrons. The van der Waals surface area contributed by atoms with Gasteiger partial charge < -0.3 is 4.90 Å². The van der Waals surface area contributed by atoms with Gasteiger partial charge in [-0.05, 0) is 42.5 Å². The Balaban J connectivity index is 1.45. The molecule has 10 heteroatoms. The quantitative estimate of drug-likeness (QED) is 0.621. The van der Waals surface area contributed by atoms with Gasteiger partial charge in [-0.25, -0.2) is 4.39 Å². The average molecular weight is 451 g/mol. The molecule has 29 heavy (non-hydrogen) atoms. The number of benzene rings is 2. The molecular weight excluding hydrogens is 438 g/mol. The summed E-state index contributed by atoms with van der Waals surface area (Å²) >= 11 is 13.0. The Bertz CT molecular complexity index is 1090. The number of hydrogen-bond acceptors (Lipinski definition) is 5. The highest BCUT2D eigenvalue weighted by Crippen LogP contribution is 2.34. The zero-order chi connectivity index (χ0) is 20.5. The van der Waals surface area contributed by atoms with Crippen molar-refractivity contribution in [1.29, 1.82) is 0 Å². The van der Waals surface area contributed by atoms with E-state index in [1.54, 1.807) is 29.2 Å². The van der Waals surface area contributed by atoms with Crippen molar-refractivity contribution in [2.24, 2.45) is 0 Å². The van der Waals surface area contributed by atoms with Crippen molar-refractivity contribution in [1.82, 2.24) is 10.2 Å². The van der Waals surface area contributed by atoms with E-state index in [0.29, 0.717) is 33.0 Å². The molecule has 1 saturated heterocycles. The standard InChI is InChI=1S/C19H13Cl2FN4O2S/c20-14-6-1-10(7-15(14)21)17(28)23-19-25-24-18(29-19)11-8-16(27)26(9-11)13-4-2-12(22)3-5-13/h1-7,11H,8-9H2,(H,23,25,28). The number of nitrogens with zero attached hydrogens (tertiary/aromatic N) is 3. The molecule has 1 aliphatic heterocycles. The molecule has 2 heterocycles. The van der Waals surface area contributed by atoms with Gasteiger partial charge in [-0.3, -0.25) is 14.9 Å². The summed E-state index contributed by atoms with van der Waals surface area (Å²) in [5.41, 5.74) is 0.978. The van der Waals surface area contributed by atoms with Crippen LogP contribution in [0.3, 0.4) is 0 Å². The third-order valence-electron chi connectivity index (χ3n) is 4.46. The van der Waals surface area contributed by atoms with E-state index in [4.69, 9.17) is 23.2 Å². The fourth-order valence-electron chi connectivity index (χ4n) is 3.00. The lowest BCUT2D eigenvalue weighted by Gasteiger charge is -2.16. The van der Waals surface area contributed by atoms with Gasteiger partial charge in [0.25, 0.3) is 5.91 Å². The van der Waals surface area contributed by atoms with Crippen molar-refractivity contribution >= 4 is 57.2 Å². The minimum Gasteiger partial charge on any atom is -0.312 e. The molecule has 1 atom stereocenters. The number of hydrogen-bond donors (Lipinski definition) is 1. The Hall–Kier alpha value is -2.55. The summed E-state index contributed by atoms with van der Waals surface area (Å²) in [5.74, 6) is -0.969. The molecule has 2 aromatic carbocycles. The van der Waals surface area contributed by atoms with Crippen LogP contribution in [0.5, 0.6) is 0 Å². The third-order valence-corrected chi connectivity index (χ3v) is 6.20. The van der Waals surface area contributed by atoms with Gasteiger partial charge in [-0.1, -0.05) is 34.5 Å². The summed E-state index contributed by atoms with van der Waals surface area (Å²) in [4.78, 5) is 26.3. The molecule has 2 amide bonds. The first-order valence-electron chi connectivity index (χ1n) is 8.56. The van der Waals surface area contributed by atoms with E-state index >= 15 is 0 Å². The summed E-state index contributed by atoms with van der Waals surface area (Å²) in [5, 5.41) is 12.4. The molecule has 1 aromatic heterocycles. The fourth-order valence-corrected chi connectivity index (χ4v) is 4.13. The van der Waals surface area contributed by atoms with Crippen molar-refractivity contribution in [3.8, 4) is 0 Å². The summed E-state index contributed by atoms with van der Waals surface area (Å²) < 4.78 is 13.1. The lowest BCUT2D eigenvalue weighted by Crippen LogP contribution is -2.24. The van der Waals surface area contributed by atoms with E-state index in [1.807, 2.05) is 0 Å². The molecule has 148 valence electrons. The average Bonchev–Trinajstić information content (AvgIpc) is 3.31. The van der Waals surface area contributed by atoms with Crippen LogP contribution in [-0.2, 0) is 4.79 Å². The Morgan fingerprint density at radius 1 is 1.14 bits per heavy atom. The number of aromatic nitrogens is 2. The van der Waals surface area contributed by atoms with Gasteiger partial charge in [0.1, 0.15) is 10.8 Å². The highest BCUT2D eigenvalue weighted by Gasteiger charge is 2.34. The van der Waals surface area contributed by atoms with Crippen LogP contribution in [0.1, 0.15) is 27.7 Å². The van der Waals surface area contributed by atoms with Gasteiger partial charge in [0.15, 0.2) is 0 Å². The summed E-state index contributed by atoms with van der Waals surface area (Å²) in [6.45, 7) is 0.417. The second-order valence-corrected chi connectivity index (χ2v) is 8.23. The van der Waals surface area contributed by atoms with E-state index < -0.39 is 0 Å². The summed E-state index contributed by atoms with van der Waals surface area (Å²) in [6.07, 6.45) is 0.271. The molecule has 1 aliphatic rings. The topological polar surface area (TPSA) is 75.2 Å². The smallest absolute Gasteiger partial charge is 0.257 e. The highest BCUT2D eigenvalue weighted by molar-refractivity contribution is 7.15. The SMILES string of the molecule is O=C(Nc1nnc(C2CC(=O)N(c3ccc(F)cc3)C2)s1)c1ccc(Cl)c(Cl)c1. The molecule has 1 fully saturated rings. The van der Waals surface area contributed by atoms with Crippen molar-refractivity contribution in [3.05, 3.63) is 68.9 Å². The Kier molecular flexibility index (Phi) is 5.49. The van der Waals surface area contributed by atoms with Crippen LogP contribution in [0.4, 0.5) is 15.2 Å². The van der Waals surface area contributed by atoms with Crippen LogP contribution >= 0.6 is 34.5 Å². The van der Waals surface area contributed by atoms with Crippen LogP contribution in [-0.4, -0.2) is 28.6 Å². The maximum absolute atomic E-state index is 13.1. The predicted octanol–water partition coefficient (Wildman–Crippen LogP) is 4.76. The molecule has 4 rings (SSSR count). The largest absolute Gasteiger partial charge is 0.312 e. The Morgan fingerprint density at radius 2 is 1.90 bits per heavy atom. The number of rotatable bonds is 4. The van der Waals surface area contributed by atoms with E-state index in [0.717, 1.165) is 0 Å². The summed E-state index contributed by atoms with van der Waals surface area (Å²) in [7, 11) is 0. The number of halogens is 3. The number of amides is 2. The molecule has 0 spiro atoms. The first-order chi connectivity index (χ1) is 13.9. The monoisotopic (exact) mass is 450 g/mol. The van der Waals surface area contributed by atoms with Crippen LogP contribution < -0.4 is 10.2 Å². The van der Waals surface area contributed by atoms with Crippen LogP contribution in [0.15, 0.2) is 42.5 Å². The number of nitrogens with one attached hydrogen (secondary N) is 1. The van der Waals surface area contributed by atoms with Crippen LogP contribution in [0.25, 0.3) is 0 Å². The van der Waals surface area contributed by atoms with Gasteiger partial charge >= 0.3 is 0 Å². The maximum Gasteiger partial charge on any atom is 0.257 e. The second kappa shape index (κ2) is 8.06. The van der Waals surface area contributed by atoms with Gasteiger partial charge in [-0.2, -0.15) is 0 Å². The first-order valence-corrected chi connectivity index (χ1v) is 10.1. The molecule has 0 aliphatic carbocycles. The minimum absolute atomic E-state index is 0.0711. The fraction of sp³-hybridized carbons (Fsp3) is 0.158. The van der Waals surface area contributed by atoms with E-state index in [-0.39, 0.29) is 35.0 Å². The lowest BCUT2D eigenvalue weighted by atomic mass is 10.1. The molecule has 1 N–H and O–H groups in total. The second-order valence-electron chi connectivity index (χ2n) is 6.41. The highest BCUT2D eigenvalue weighted by atomic mass is 35.5. The molecular formula is C19H13Cl2FN4O2S. The molecule has 0 bridgehead atoms. The molecule has 6 nitrogen and oxygen atoms in total. The molecule has 3 aromatic rings. The van der Waals surface area contributed by atoms with Crippen molar-refractivity contribution < 1.29 is 14.0 Å². The first kappa shape index (κ1) is 19.8. The van der Waals surface area contributed by atoms with Crippen LogP contribution in [0.2, 0.25) is 10.0 Å². The van der Waals surface area contributed by atoms with Crippen molar-refractivity contribution in [2.45, 2.75) is 12.3 Å². The third kappa shape index (κ3) is 4.24.